The summed E-state index contributed by atoms with van der Waals surface area (Å²) in [4.78, 5) is 13.8. The Morgan fingerprint density at radius 2 is 1.96 bits per heavy atom. The van der Waals surface area contributed by atoms with Crippen LogP contribution in [0.25, 0.3) is 0 Å². The summed E-state index contributed by atoms with van der Waals surface area (Å²) in [7, 11) is -2.99. The summed E-state index contributed by atoms with van der Waals surface area (Å²) >= 11 is 0. The van der Waals surface area contributed by atoms with Crippen LogP contribution in [-0.4, -0.2) is 62.2 Å². The number of carbonyl (C=O) groups is 1. The van der Waals surface area contributed by atoms with Gasteiger partial charge in [-0.15, -0.1) is 0 Å². The number of sulfone groups is 1. The molecule has 1 amide bonds. The number of hydrogen-bond donors (Lipinski definition) is 1. The van der Waals surface area contributed by atoms with Crippen LogP contribution in [0.15, 0.2) is 0 Å². The quantitative estimate of drug-likeness (QED) is 0.840. The van der Waals surface area contributed by atoms with Crippen LogP contribution in [-0.2, 0) is 14.6 Å². The topological polar surface area (TPSA) is 75.7 Å². The van der Waals surface area contributed by atoms with E-state index in [1.165, 1.54) is 6.26 Å². The van der Waals surface area contributed by atoms with Crippen LogP contribution in [0.3, 0.4) is 0 Å². The molecule has 134 valence electrons. The lowest BCUT2D eigenvalue weighted by Crippen LogP contribution is -2.42. The van der Waals surface area contributed by atoms with Crippen molar-refractivity contribution in [3.8, 4) is 0 Å². The molecule has 0 aromatic rings. The Bertz CT molecular complexity index is 527. The molecule has 3 atom stereocenters. The van der Waals surface area contributed by atoms with E-state index < -0.39 is 15.4 Å². The van der Waals surface area contributed by atoms with Gasteiger partial charge in [0.15, 0.2) is 9.84 Å². The zero-order chi connectivity index (χ0) is 17.3. The molecule has 2 rings (SSSR count). The minimum atomic E-state index is -2.99. The molecule has 1 aliphatic heterocycles. The fourth-order valence-corrected chi connectivity index (χ4v) is 4.91. The SMILES string of the molecule is CC(C)(C)OC(=O)N1CCC(CNC2CCCC2S(C)(=O)=O)C1. The van der Waals surface area contributed by atoms with E-state index in [1.54, 1.807) is 4.90 Å². The second-order valence-corrected chi connectivity index (χ2v) is 10.2. The molecule has 0 spiro atoms. The van der Waals surface area contributed by atoms with Crippen molar-refractivity contribution in [2.45, 2.75) is 63.3 Å². The van der Waals surface area contributed by atoms with E-state index in [2.05, 4.69) is 5.32 Å². The third kappa shape index (κ3) is 5.35. The number of amides is 1. The maximum atomic E-state index is 12.1. The Balaban J connectivity index is 1.79. The van der Waals surface area contributed by atoms with Gasteiger partial charge < -0.3 is 15.0 Å². The van der Waals surface area contributed by atoms with Crippen LogP contribution in [0.4, 0.5) is 4.79 Å². The van der Waals surface area contributed by atoms with Crippen molar-refractivity contribution in [3.05, 3.63) is 0 Å². The molecule has 0 aromatic heterocycles. The highest BCUT2D eigenvalue weighted by molar-refractivity contribution is 7.91. The number of nitrogens with zero attached hydrogens (tertiary/aromatic N) is 1. The van der Waals surface area contributed by atoms with Gasteiger partial charge in [-0.3, -0.25) is 0 Å². The van der Waals surface area contributed by atoms with Crippen LogP contribution >= 0.6 is 0 Å². The molecule has 1 N–H and O–H groups in total. The van der Waals surface area contributed by atoms with E-state index in [-0.39, 0.29) is 17.4 Å². The smallest absolute Gasteiger partial charge is 0.410 e. The molecule has 7 heteroatoms. The highest BCUT2D eigenvalue weighted by atomic mass is 32.2. The number of carbonyl (C=O) groups excluding carboxylic acids is 1. The predicted molar refractivity (Wildman–Crippen MR) is 90.2 cm³/mol. The summed E-state index contributed by atoms with van der Waals surface area (Å²) < 4.78 is 29.0. The molecule has 1 saturated carbocycles. The predicted octanol–water partition coefficient (Wildman–Crippen LogP) is 1.80. The van der Waals surface area contributed by atoms with Crippen LogP contribution in [0.5, 0.6) is 0 Å². The Morgan fingerprint density at radius 1 is 1.26 bits per heavy atom. The van der Waals surface area contributed by atoms with Gasteiger partial charge in [0, 0.05) is 31.9 Å². The van der Waals surface area contributed by atoms with Crippen molar-refractivity contribution >= 4 is 15.9 Å². The van der Waals surface area contributed by atoms with Gasteiger partial charge in [0.05, 0.1) is 5.25 Å². The molecule has 1 saturated heterocycles. The van der Waals surface area contributed by atoms with Gasteiger partial charge in [0.25, 0.3) is 0 Å². The number of nitrogens with one attached hydrogen (secondary N) is 1. The summed E-state index contributed by atoms with van der Waals surface area (Å²) in [6.07, 6.45) is 4.64. The van der Waals surface area contributed by atoms with Crippen LogP contribution in [0.1, 0.15) is 46.5 Å². The largest absolute Gasteiger partial charge is 0.444 e. The van der Waals surface area contributed by atoms with E-state index in [0.29, 0.717) is 19.0 Å². The van der Waals surface area contributed by atoms with Gasteiger partial charge in [-0.25, -0.2) is 13.2 Å². The Morgan fingerprint density at radius 3 is 2.57 bits per heavy atom. The van der Waals surface area contributed by atoms with Gasteiger partial charge in [-0.1, -0.05) is 6.42 Å². The molecule has 3 unspecified atom stereocenters. The third-order valence-corrected chi connectivity index (χ3v) is 6.27. The Hall–Kier alpha value is -0.820. The maximum Gasteiger partial charge on any atom is 0.410 e. The first-order chi connectivity index (χ1) is 10.6. The van der Waals surface area contributed by atoms with Gasteiger partial charge in [0.1, 0.15) is 5.60 Å². The standard InChI is InChI=1S/C16H30N2O4S/c1-16(2,3)22-15(19)18-9-8-12(11-18)10-17-13-6-5-7-14(13)23(4,20)21/h12-14,17H,5-11H2,1-4H3. The molecule has 2 fully saturated rings. The molecule has 6 nitrogen and oxygen atoms in total. The summed E-state index contributed by atoms with van der Waals surface area (Å²) in [6.45, 7) is 7.75. The van der Waals surface area contributed by atoms with Gasteiger partial charge in [0.2, 0.25) is 0 Å². The second kappa shape index (κ2) is 6.97. The average Bonchev–Trinajstić information content (AvgIpc) is 3.02. The highest BCUT2D eigenvalue weighted by Crippen LogP contribution is 2.26. The maximum absolute atomic E-state index is 12.1. The molecule has 23 heavy (non-hydrogen) atoms. The number of rotatable bonds is 4. The molecule has 1 heterocycles. The zero-order valence-corrected chi connectivity index (χ0v) is 15.5. The van der Waals surface area contributed by atoms with E-state index in [1.807, 2.05) is 20.8 Å². The lowest BCUT2D eigenvalue weighted by atomic mass is 10.1. The molecular weight excluding hydrogens is 316 g/mol. The number of likely N-dealkylation sites (tertiary alicyclic amines) is 1. The van der Waals surface area contributed by atoms with Crippen molar-refractivity contribution in [1.29, 1.82) is 0 Å². The minimum Gasteiger partial charge on any atom is -0.444 e. The average molecular weight is 346 g/mol. The van der Waals surface area contributed by atoms with Crippen molar-refractivity contribution in [1.82, 2.24) is 10.2 Å². The van der Waals surface area contributed by atoms with E-state index in [0.717, 1.165) is 32.2 Å². The minimum absolute atomic E-state index is 0.0561. The first-order valence-corrected chi connectivity index (χ1v) is 10.4. The fourth-order valence-electron chi connectivity index (χ4n) is 3.48. The van der Waals surface area contributed by atoms with Crippen molar-refractivity contribution < 1.29 is 17.9 Å². The lowest BCUT2D eigenvalue weighted by Gasteiger charge is -2.25. The van der Waals surface area contributed by atoms with Gasteiger partial charge in [-0.2, -0.15) is 0 Å². The van der Waals surface area contributed by atoms with Crippen molar-refractivity contribution in [2.24, 2.45) is 5.92 Å². The monoisotopic (exact) mass is 346 g/mol. The van der Waals surface area contributed by atoms with Crippen LogP contribution in [0, 0.1) is 5.92 Å². The molecule has 0 radical (unpaired) electrons. The first-order valence-electron chi connectivity index (χ1n) is 8.46. The molecule has 1 aliphatic carbocycles. The Kier molecular flexibility index (Phi) is 5.61. The molecule has 2 aliphatic rings. The zero-order valence-electron chi connectivity index (χ0n) is 14.7. The molecule has 0 bridgehead atoms. The first kappa shape index (κ1) is 18.5. The summed E-state index contributed by atoms with van der Waals surface area (Å²) in [6, 6.07) is 0.0561. The molecular formula is C16H30N2O4S. The van der Waals surface area contributed by atoms with E-state index >= 15 is 0 Å². The summed E-state index contributed by atoms with van der Waals surface area (Å²) in [5.41, 5.74) is -0.472. The van der Waals surface area contributed by atoms with E-state index in [4.69, 9.17) is 4.74 Å². The highest BCUT2D eigenvalue weighted by Gasteiger charge is 2.36. The number of hydrogen-bond acceptors (Lipinski definition) is 5. The van der Waals surface area contributed by atoms with Gasteiger partial charge >= 0.3 is 6.09 Å². The summed E-state index contributed by atoms with van der Waals surface area (Å²) in [5.74, 6) is 0.364. The normalized spacial score (nSPS) is 29.0. The second-order valence-electron chi connectivity index (χ2n) is 7.89. The lowest BCUT2D eigenvalue weighted by molar-refractivity contribution is 0.0288. The Labute approximate surface area is 139 Å². The van der Waals surface area contributed by atoms with Crippen molar-refractivity contribution in [2.75, 3.05) is 25.9 Å². The third-order valence-electron chi connectivity index (χ3n) is 4.61. The van der Waals surface area contributed by atoms with Crippen LogP contribution < -0.4 is 5.32 Å². The fraction of sp³-hybridized carbons (Fsp3) is 0.938. The van der Waals surface area contributed by atoms with Gasteiger partial charge in [-0.05, 0) is 46.0 Å². The van der Waals surface area contributed by atoms with Crippen LogP contribution in [0.2, 0.25) is 0 Å². The number of ether oxygens (including phenoxy) is 1. The molecule has 0 aromatic carbocycles. The van der Waals surface area contributed by atoms with Crippen molar-refractivity contribution in [3.63, 3.8) is 0 Å². The van der Waals surface area contributed by atoms with E-state index in [9.17, 15) is 13.2 Å². The summed E-state index contributed by atoms with van der Waals surface area (Å²) in [5, 5.41) is 3.17.